The molecule has 2 bridgehead atoms. The molecule has 0 radical (unpaired) electrons. The van der Waals surface area contributed by atoms with Gasteiger partial charge in [0, 0.05) is 30.0 Å². The second-order valence-corrected chi connectivity index (χ2v) is 10.5. The van der Waals surface area contributed by atoms with Crippen LogP contribution in [-0.4, -0.2) is 17.9 Å². The highest BCUT2D eigenvalue weighted by molar-refractivity contribution is 6.34. The van der Waals surface area contributed by atoms with Gasteiger partial charge in [-0.1, -0.05) is 54.8 Å². The molecule has 0 aromatic heterocycles. The minimum Gasteiger partial charge on any atom is -0.310 e. The van der Waals surface area contributed by atoms with E-state index in [0.717, 1.165) is 43.2 Å². The Morgan fingerprint density at radius 1 is 1.06 bits per heavy atom. The van der Waals surface area contributed by atoms with Crippen LogP contribution < -0.4 is 5.32 Å². The molecule has 6 heteroatoms. The van der Waals surface area contributed by atoms with Crippen LogP contribution in [0.25, 0.3) is 0 Å². The molecular weight excluding hydrogens is 447 g/mol. The van der Waals surface area contributed by atoms with Crippen LogP contribution in [0.15, 0.2) is 42.5 Å². The molecule has 3 fully saturated rings. The summed E-state index contributed by atoms with van der Waals surface area (Å²) in [6, 6.07) is 12.8. The Morgan fingerprint density at radius 2 is 1.82 bits per heavy atom. The molecule has 1 unspecified atom stereocenters. The molecule has 1 saturated heterocycles. The number of alkyl halides is 3. The van der Waals surface area contributed by atoms with Crippen LogP contribution in [0.3, 0.4) is 0 Å². The molecule has 2 aromatic rings. The van der Waals surface area contributed by atoms with Gasteiger partial charge < -0.3 is 5.32 Å². The average molecular weight is 476 g/mol. The predicted octanol–water partition coefficient (Wildman–Crippen LogP) is 7.20. The van der Waals surface area contributed by atoms with Gasteiger partial charge in [0.2, 0.25) is 0 Å². The summed E-state index contributed by atoms with van der Waals surface area (Å²) < 4.78 is 39.9. The summed E-state index contributed by atoms with van der Waals surface area (Å²) in [6.45, 7) is 0. The molecule has 3 aliphatic rings. The molecule has 1 heterocycles. The number of carbonyl (C=O) groups excluding carboxylic acids is 1. The fraction of sp³-hybridized carbons (Fsp3) is 0.519. The summed E-state index contributed by atoms with van der Waals surface area (Å²) in [6.07, 6.45) is 3.94. The van der Waals surface area contributed by atoms with E-state index in [-0.39, 0.29) is 29.7 Å². The average Bonchev–Trinajstić information content (AvgIpc) is 3.38. The van der Waals surface area contributed by atoms with E-state index in [1.165, 1.54) is 37.0 Å². The monoisotopic (exact) mass is 475 g/mol. The number of rotatable bonds is 8. The Balaban J connectivity index is 1.39. The van der Waals surface area contributed by atoms with Gasteiger partial charge in [-0.15, -0.1) is 0 Å². The number of piperidine rings is 1. The summed E-state index contributed by atoms with van der Waals surface area (Å²) in [5.74, 6) is 0.958. The molecule has 0 amide bonds. The molecule has 1 N–H and O–H groups in total. The molecule has 2 saturated carbocycles. The first-order valence-corrected chi connectivity index (χ1v) is 12.4. The van der Waals surface area contributed by atoms with Crippen LogP contribution in [-0.2, 0) is 12.6 Å². The van der Waals surface area contributed by atoms with Crippen LogP contribution in [0.2, 0.25) is 5.02 Å². The van der Waals surface area contributed by atoms with Crippen molar-refractivity contribution in [2.24, 2.45) is 11.8 Å². The van der Waals surface area contributed by atoms with Crippen molar-refractivity contribution in [2.75, 3.05) is 0 Å². The number of Topliss-reactive ketones (excluding diaryl/α,β-unsaturated/α-hetero) is 1. The molecule has 1 aliphatic heterocycles. The van der Waals surface area contributed by atoms with Gasteiger partial charge in [-0.25, -0.2) is 0 Å². The smallest absolute Gasteiger partial charge is 0.310 e. The lowest BCUT2D eigenvalue weighted by molar-refractivity contribution is -0.137. The number of fused-ring (bicyclic) bond motifs is 2. The highest BCUT2D eigenvalue weighted by Crippen LogP contribution is 2.44. The van der Waals surface area contributed by atoms with Crippen molar-refractivity contribution < 1.29 is 18.0 Å². The predicted molar refractivity (Wildman–Crippen MR) is 124 cm³/mol. The topological polar surface area (TPSA) is 29.1 Å². The third-order valence-corrected chi connectivity index (χ3v) is 8.21. The number of hydrogen-bond acceptors (Lipinski definition) is 2. The van der Waals surface area contributed by atoms with Gasteiger partial charge in [0.25, 0.3) is 0 Å². The zero-order valence-electron chi connectivity index (χ0n) is 18.5. The first-order chi connectivity index (χ1) is 15.8. The van der Waals surface area contributed by atoms with Crippen molar-refractivity contribution in [1.82, 2.24) is 5.32 Å². The summed E-state index contributed by atoms with van der Waals surface area (Å²) in [4.78, 5) is 13.3. The number of carbonyl (C=O) groups is 1. The Bertz CT molecular complexity index is 1020. The SMILES string of the molecule is O=C(C[C@@H](c1ccc(CCC2CC2)cc1)C1N[C@@H]2CC[C@H]1C2)c1cccc(C(F)(F)F)c1Cl. The summed E-state index contributed by atoms with van der Waals surface area (Å²) in [5.41, 5.74) is 1.38. The van der Waals surface area contributed by atoms with Crippen molar-refractivity contribution in [2.45, 2.75) is 75.5 Å². The molecule has 4 atom stereocenters. The fourth-order valence-corrected chi connectivity index (χ4v) is 6.12. The highest BCUT2D eigenvalue weighted by atomic mass is 35.5. The lowest BCUT2D eigenvalue weighted by Gasteiger charge is -2.32. The van der Waals surface area contributed by atoms with Gasteiger partial charge in [-0.2, -0.15) is 13.2 Å². The van der Waals surface area contributed by atoms with Crippen LogP contribution in [0, 0.1) is 11.8 Å². The number of ketones is 1. The Morgan fingerprint density at radius 3 is 2.42 bits per heavy atom. The Labute approximate surface area is 197 Å². The third-order valence-electron chi connectivity index (χ3n) is 7.80. The van der Waals surface area contributed by atoms with Gasteiger partial charge >= 0.3 is 6.18 Å². The lowest BCUT2D eigenvalue weighted by Crippen LogP contribution is -2.40. The van der Waals surface area contributed by atoms with Crippen molar-refractivity contribution in [3.63, 3.8) is 0 Å². The van der Waals surface area contributed by atoms with Crippen molar-refractivity contribution in [3.05, 3.63) is 69.7 Å². The zero-order valence-corrected chi connectivity index (χ0v) is 19.3. The largest absolute Gasteiger partial charge is 0.417 e. The fourth-order valence-electron chi connectivity index (χ4n) is 5.78. The first-order valence-electron chi connectivity index (χ1n) is 12.0. The summed E-state index contributed by atoms with van der Waals surface area (Å²) in [5, 5.41) is 3.20. The van der Waals surface area contributed by atoms with E-state index in [4.69, 9.17) is 11.6 Å². The molecule has 0 spiro atoms. The first kappa shape index (κ1) is 22.9. The second kappa shape index (κ2) is 9.07. The minimum atomic E-state index is -4.59. The molecule has 33 heavy (non-hydrogen) atoms. The maximum Gasteiger partial charge on any atom is 0.417 e. The summed E-state index contributed by atoms with van der Waals surface area (Å²) >= 11 is 6.07. The maximum atomic E-state index is 13.3. The van der Waals surface area contributed by atoms with E-state index in [1.807, 2.05) is 0 Å². The van der Waals surface area contributed by atoms with E-state index in [0.29, 0.717) is 12.0 Å². The molecule has 5 rings (SSSR count). The molecule has 2 aliphatic carbocycles. The van der Waals surface area contributed by atoms with Gasteiger partial charge in [0.15, 0.2) is 5.78 Å². The number of aryl methyl sites for hydroxylation is 1. The van der Waals surface area contributed by atoms with Crippen LogP contribution in [0.5, 0.6) is 0 Å². The van der Waals surface area contributed by atoms with Gasteiger partial charge in [-0.05, 0) is 67.2 Å². The highest BCUT2D eigenvalue weighted by Gasteiger charge is 2.44. The molecule has 2 nitrogen and oxygen atoms in total. The third kappa shape index (κ3) is 5.00. The van der Waals surface area contributed by atoms with E-state index in [1.54, 1.807) is 0 Å². The number of benzene rings is 2. The van der Waals surface area contributed by atoms with Crippen molar-refractivity contribution >= 4 is 17.4 Å². The van der Waals surface area contributed by atoms with E-state index >= 15 is 0 Å². The Hall–Kier alpha value is -1.85. The quantitative estimate of drug-likeness (QED) is 0.409. The number of halogens is 4. The van der Waals surface area contributed by atoms with Gasteiger partial charge in [-0.3, -0.25) is 4.79 Å². The van der Waals surface area contributed by atoms with Gasteiger partial charge in [0.05, 0.1) is 10.6 Å². The minimum absolute atomic E-state index is 0.0410. The molecular formula is C27H29ClF3NO. The normalized spacial score (nSPS) is 25.4. The van der Waals surface area contributed by atoms with Crippen molar-refractivity contribution in [3.8, 4) is 0 Å². The lowest BCUT2D eigenvalue weighted by atomic mass is 9.79. The Kier molecular flexibility index (Phi) is 6.30. The van der Waals surface area contributed by atoms with E-state index in [9.17, 15) is 18.0 Å². The van der Waals surface area contributed by atoms with Crippen LogP contribution in [0.1, 0.15) is 77.9 Å². The number of nitrogens with one attached hydrogen (secondary N) is 1. The van der Waals surface area contributed by atoms with Gasteiger partial charge in [0.1, 0.15) is 0 Å². The van der Waals surface area contributed by atoms with Crippen LogP contribution >= 0.6 is 11.6 Å². The second-order valence-electron chi connectivity index (χ2n) is 10.1. The maximum absolute atomic E-state index is 13.3. The molecule has 176 valence electrons. The van der Waals surface area contributed by atoms with Crippen LogP contribution in [0.4, 0.5) is 13.2 Å². The molecule has 2 aromatic carbocycles. The summed E-state index contributed by atoms with van der Waals surface area (Å²) in [7, 11) is 0. The van der Waals surface area contributed by atoms with E-state index in [2.05, 4.69) is 29.6 Å². The van der Waals surface area contributed by atoms with E-state index < -0.39 is 16.8 Å². The zero-order chi connectivity index (χ0) is 23.2. The number of hydrogen-bond donors (Lipinski definition) is 1. The standard InChI is InChI=1S/C27H29ClF3NO/c28-25-21(2-1-3-23(25)27(29,30)31)24(33)15-22(26-19-12-13-20(14-19)32-26)18-10-8-17(9-11-18)7-6-16-4-5-16/h1-3,8-11,16,19-20,22,26,32H,4-7,12-15H2/t19-,20+,22-,26?/m0/s1. The van der Waals surface area contributed by atoms with Crippen molar-refractivity contribution in [1.29, 1.82) is 0 Å².